The van der Waals surface area contributed by atoms with Crippen LogP contribution in [0.4, 0.5) is 0 Å². The Bertz CT molecular complexity index is 493. The molecule has 0 aromatic rings. The van der Waals surface area contributed by atoms with Gasteiger partial charge in [0.1, 0.15) is 11.2 Å². The number of hydrogen-bond donors (Lipinski definition) is 2. The fraction of sp³-hybridized carbons (Fsp3) is 0.818. The summed E-state index contributed by atoms with van der Waals surface area (Å²) in [6.07, 6.45) is 17.8. The molecule has 0 spiro atoms. The van der Waals surface area contributed by atoms with E-state index in [1.54, 1.807) is 0 Å². The van der Waals surface area contributed by atoms with Gasteiger partial charge >= 0.3 is 0 Å². The number of rotatable bonds is 1. The van der Waals surface area contributed by atoms with E-state index >= 15 is 0 Å². The lowest BCUT2D eigenvalue weighted by Crippen LogP contribution is -2.45. The Hall–Kier alpha value is -0.960. The minimum absolute atomic E-state index is 0.0972. The molecule has 2 saturated carbocycles. The van der Waals surface area contributed by atoms with Crippen molar-refractivity contribution in [3.8, 4) is 24.7 Å². The van der Waals surface area contributed by atoms with Crippen LogP contribution >= 0.6 is 0 Å². The summed E-state index contributed by atoms with van der Waals surface area (Å²) >= 11 is 0. The van der Waals surface area contributed by atoms with Crippen LogP contribution in [-0.2, 0) is 0 Å². The summed E-state index contributed by atoms with van der Waals surface area (Å²) in [5, 5.41) is 20.2. The zero-order valence-electron chi connectivity index (χ0n) is 16.2. The van der Waals surface area contributed by atoms with Gasteiger partial charge in [-0.05, 0) is 43.9 Å². The third kappa shape index (κ3) is 4.56. The Morgan fingerprint density at radius 3 is 2.00 bits per heavy atom. The monoisotopic (exact) mass is 332 g/mol. The van der Waals surface area contributed by atoms with Crippen molar-refractivity contribution in [2.24, 2.45) is 23.2 Å². The van der Waals surface area contributed by atoms with Gasteiger partial charge in [-0.3, -0.25) is 0 Å². The largest absolute Gasteiger partial charge is 0.377 e. The molecule has 2 N–H and O–H groups in total. The molecule has 4 atom stereocenters. The molecule has 0 aromatic heterocycles. The van der Waals surface area contributed by atoms with E-state index in [1.807, 2.05) is 13.8 Å². The second kappa shape index (κ2) is 7.95. The summed E-state index contributed by atoms with van der Waals surface area (Å²) in [4.78, 5) is 0. The van der Waals surface area contributed by atoms with Crippen molar-refractivity contribution in [2.45, 2.75) is 90.8 Å². The Morgan fingerprint density at radius 2 is 1.58 bits per heavy atom. The zero-order chi connectivity index (χ0) is 18.6. The molecule has 2 fully saturated rings. The molecule has 136 valence electrons. The number of terminal acetylenes is 2. The standard InChI is InChI=1S/C12H20O.C10H16O/c1-5-12(13)8-10(4)6-7-11(12)9(2)3;1-4-10(11)8-6-5-7-9(10,2)3/h1,9-11,13H,6-8H2,2-4H3;1,11H,5-8H2,2-3H3. The highest BCUT2D eigenvalue weighted by molar-refractivity contribution is 5.15. The van der Waals surface area contributed by atoms with E-state index in [9.17, 15) is 10.2 Å². The van der Waals surface area contributed by atoms with Crippen molar-refractivity contribution >= 4 is 0 Å². The van der Waals surface area contributed by atoms with Gasteiger partial charge < -0.3 is 10.2 Å². The second-order valence-corrected chi connectivity index (χ2v) is 8.90. The summed E-state index contributed by atoms with van der Waals surface area (Å²) in [5.74, 6) is 6.46. The van der Waals surface area contributed by atoms with E-state index in [4.69, 9.17) is 12.8 Å². The molecule has 2 rings (SSSR count). The van der Waals surface area contributed by atoms with Gasteiger partial charge in [-0.2, -0.15) is 0 Å². The average Bonchev–Trinajstić information content (AvgIpc) is 2.50. The summed E-state index contributed by atoms with van der Waals surface area (Å²) in [5.41, 5.74) is -1.79. The highest BCUT2D eigenvalue weighted by Crippen LogP contribution is 2.43. The summed E-state index contributed by atoms with van der Waals surface area (Å²) in [7, 11) is 0. The summed E-state index contributed by atoms with van der Waals surface area (Å²) in [6, 6.07) is 0. The average molecular weight is 333 g/mol. The van der Waals surface area contributed by atoms with Crippen LogP contribution in [0, 0.1) is 47.9 Å². The quantitative estimate of drug-likeness (QED) is 0.699. The van der Waals surface area contributed by atoms with E-state index in [0.29, 0.717) is 11.8 Å². The Kier molecular flexibility index (Phi) is 6.98. The first kappa shape index (κ1) is 21.1. The van der Waals surface area contributed by atoms with Gasteiger partial charge in [0.05, 0.1) is 0 Å². The van der Waals surface area contributed by atoms with E-state index in [2.05, 4.69) is 32.6 Å². The molecule has 2 aliphatic carbocycles. The van der Waals surface area contributed by atoms with Crippen molar-refractivity contribution in [2.75, 3.05) is 0 Å². The molecule has 2 aliphatic rings. The number of hydrogen-bond acceptors (Lipinski definition) is 2. The topological polar surface area (TPSA) is 40.5 Å². The molecule has 4 unspecified atom stereocenters. The van der Waals surface area contributed by atoms with Gasteiger partial charge in [-0.1, -0.05) is 59.3 Å². The lowest BCUT2D eigenvalue weighted by molar-refractivity contribution is -0.0479. The molecule has 0 aliphatic heterocycles. The van der Waals surface area contributed by atoms with Crippen LogP contribution in [0.1, 0.15) is 79.6 Å². The molecular formula is C22H36O2. The lowest BCUT2D eigenvalue weighted by atomic mass is 9.66. The molecule has 24 heavy (non-hydrogen) atoms. The van der Waals surface area contributed by atoms with Gasteiger partial charge in [0.15, 0.2) is 0 Å². The van der Waals surface area contributed by atoms with Gasteiger partial charge in [-0.15, -0.1) is 12.8 Å². The molecule has 0 amide bonds. The maximum atomic E-state index is 10.2. The minimum atomic E-state index is -0.856. The lowest BCUT2D eigenvalue weighted by Gasteiger charge is -2.42. The molecular weight excluding hydrogens is 296 g/mol. The van der Waals surface area contributed by atoms with Crippen LogP contribution in [0.5, 0.6) is 0 Å². The van der Waals surface area contributed by atoms with Crippen molar-refractivity contribution in [3.63, 3.8) is 0 Å². The first-order valence-electron chi connectivity index (χ1n) is 9.41. The highest BCUT2D eigenvalue weighted by atomic mass is 16.3. The fourth-order valence-corrected chi connectivity index (χ4v) is 4.30. The Balaban J connectivity index is 0.000000243. The van der Waals surface area contributed by atoms with Crippen LogP contribution in [0.2, 0.25) is 0 Å². The molecule has 0 radical (unpaired) electrons. The molecule has 2 nitrogen and oxygen atoms in total. The van der Waals surface area contributed by atoms with Crippen LogP contribution in [0.25, 0.3) is 0 Å². The Labute approximate surface area is 149 Å². The van der Waals surface area contributed by atoms with Crippen molar-refractivity contribution in [1.29, 1.82) is 0 Å². The Morgan fingerprint density at radius 1 is 1.00 bits per heavy atom. The van der Waals surface area contributed by atoms with Crippen LogP contribution in [0.3, 0.4) is 0 Å². The third-order valence-electron chi connectivity index (χ3n) is 6.25. The van der Waals surface area contributed by atoms with E-state index in [-0.39, 0.29) is 11.3 Å². The second-order valence-electron chi connectivity index (χ2n) is 8.90. The molecule has 0 heterocycles. The maximum absolute atomic E-state index is 10.2. The maximum Gasteiger partial charge on any atom is 0.130 e. The predicted octanol–water partition coefficient (Wildman–Crippen LogP) is 4.39. The van der Waals surface area contributed by atoms with Crippen LogP contribution in [0.15, 0.2) is 0 Å². The third-order valence-corrected chi connectivity index (χ3v) is 6.25. The van der Waals surface area contributed by atoms with E-state index in [0.717, 1.165) is 32.1 Å². The predicted molar refractivity (Wildman–Crippen MR) is 101 cm³/mol. The zero-order valence-corrected chi connectivity index (χ0v) is 16.2. The smallest absolute Gasteiger partial charge is 0.130 e. The summed E-state index contributed by atoms with van der Waals surface area (Å²) in [6.45, 7) is 10.5. The van der Waals surface area contributed by atoms with Gasteiger partial charge in [0, 0.05) is 11.3 Å². The van der Waals surface area contributed by atoms with Crippen molar-refractivity contribution in [3.05, 3.63) is 0 Å². The minimum Gasteiger partial charge on any atom is -0.377 e. The number of aliphatic hydroxyl groups is 2. The van der Waals surface area contributed by atoms with Gasteiger partial charge in [0.25, 0.3) is 0 Å². The summed E-state index contributed by atoms with van der Waals surface area (Å²) < 4.78 is 0. The first-order chi connectivity index (χ1) is 11.0. The van der Waals surface area contributed by atoms with E-state index in [1.165, 1.54) is 12.8 Å². The van der Waals surface area contributed by atoms with Gasteiger partial charge in [0.2, 0.25) is 0 Å². The molecule has 0 saturated heterocycles. The first-order valence-corrected chi connectivity index (χ1v) is 9.41. The van der Waals surface area contributed by atoms with Crippen molar-refractivity contribution in [1.82, 2.24) is 0 Å². The normalized spacial score (nSPS) is 38.4. The fourth-order valence-electron chi connectivity index (χ4n) is 4.30. The molecule has 0 bridgehead atoms. The SMILES string of the molecule is C#CC1(O)CC(C)CCC1C(C)C.C#CC1(O)CCCCC1(C)C. The van der Waals surface area contributed by atoms with E-state index < -0.39 is 11.2 Å². The van der Waals surface area contributed by atoms with Crippen LogP contribution in [-0.4, -0.2) is 21.4 Å². The van der Waals surface area contributed by atoms with Gasteiger partial charge in [-0.25, -0.2) is 0 Å². The molecule has 2 heteroatoms. The highest BCUT2D eigenvalue weighted by Gasteiger charge is 2.43. The van der Waals surface area contributed by atoms with Crippen molar-refractivity contribution < 1.29 is 10.2 Å². The van der Waals surface area contributed by atoms with Crippen LogP contribution < -0.4 is 0 Å². The molecule has 0 aromatic carbocycles.